The minimum Gasteiger partial charge on any atom is -0.381 e. The number of rotatable bonds is 4. The van der Waals surface area contributed by atoms with Crippen LogP contribution in [-0.2, 0) is 4.74 Å². The lowest BCUT2D eigenvalue weighted by molar-refractivity contribution is 0.127. The fourth-order valence-corrected chi connectivity index (χ4v) is 2.98. The van der Waals surface area contributed by atoms with Gasteiger partial charge in [-0.25, -0.2) is 0 Å². The molecule has 1 aliphatic rings. The van der Waals surface area contributed by atoms with Gasteiger partial charge in [0, 0.05) is 17.4 Å². The lowest BCUT2D eigenvalue weighted by atomic mass is 9.75. The first-order chi connectivity index (χ1) is 5.75. The van der Waals surface area contributed by atoms with Crippen LogP contribution in [0.2, 0.25) is 0 Å². The molecular weight excluding hydrogens is 216 g/mol. The van der Waals surface area contributed by atoms with E-state index in [1.807, 2.05) is 0 Å². The van der Waals surface area contributed by atoms with Crippen LogP contribution < -0.4 is 0 Å². The maximum atomic E-state index is 5.49. The van der Waals surface area contributed by atoms with Gasteiger partial charge >= 0.3 is 0 Å². The molecule has 0 aliphatic carbocycles. The average molecular weight is 235 g/mol. The summed E-state index contributed by atoms with van der Waals surface area (Å²) >= 11 is 3.62. The SMILES string of the molecule is CCCC(C)C1(CBr)CCOC1. The van der Waals surface area contributed by atoms with Gasteiger partial charge in [0.05, 0.1) is 6.61 Å². The van der Waals surface area contributed by atoms with Gasteiger partial charge in [-0.3, -0.25) is 0 Å². The molecule has 0 aromatic rings. The van der Waals surface area contributed by atoms with Gasteiger partial charge in [0.1, 0.15) is 0 Å². The highest BCUT2D eigenvalue weighted by Gasteiger charge is 2.38. The molecule has 12 heavy (non-hydrogen) atoms. The Morgan fingerprint density at radius 3 is 2.75 bits per heavy atom. The minimum absolute atomic E-state index is 0.440. The third-order valence-electron chi connectivity index (χ3n) is 3.17. The number of hydrogen-bond donors (Lipinski definition) is 0. The van der Waals surface area contributed by atoms with Gasteiger partial charge in [0.25, 0.3) is 0 Å². The molecule has 72 valence electrons. The van der Waals surface area contributed by atoms with Gasteiger partial charge in [-0.2, -0.15) is 0 Å². The van der Waals surface area contributed by atoms with E-state index in [1.54, 1.807) is 0 Å². The molecule has 1 rings (SSSR count). The van der Waals surface area contributed by atoms with Gasteiger partial charge in [-0.05, 0) is 12.3 Å². The molecule has 0 saturated carbocycles. The van der Waals surface area contributed by atoms with Crippen LogP contribution in [0.3, 0.4) is 0 Å². The van der Waals surface area contributed by atoms with Crippen LogP contribution in [0.4, 0.5) is 0 Å². The Bertz CT molecular complexity index is 130. The van der Waals surface area contributed by atoms with E-state index >= 15 is 0 Å². The molecule has 1 heterocycles. The Kier molecular flexibility index (Phi) is 4.04. The summed E-state index contributed by atoms with van der Waals surface area (Å²) in [6, 6.07) is 0. The van der Waals surface area contributed by atoms with Gasteiger partial charge in [0.2, 0.25) is 0 Å². The van der Waals surface area contributed by atoms with Crippen molar-refractivity contribution in [1.29, 1.82) is 0 Å². The van der Waals surface area contributed by atoms with Crippen molar-refractivity contribution in [1.82, 2.24) is 0 Å². The number of halogens is 1. The van der Waals surface area contributed by atoms with Crippen LogP contribution in [0.25, 0.3) is 0 Å². The van der Waals surface area contributed by atoms with E-state index < -0.39 is 0 Å². The Morgan fingerprint density at radius 1 is 1.58 bits per heavy atom. The monoisotopic (exact) mass is 234 g/mol. The van der Waals surface area contributed by atoms with Crippen LogP contribution in [0.15, 0.2) is 0 Å². The predicted molar refractivity (Wildman–Crippen MR) is 55.7 cm³/mol. The highest BCUT2D eigenvalue weighted by atomic mass is 79.9. The molecule has 2 atom stereocenters. The summed E-state index contributed by atoms with van der Waals surface area (Å²) in [6.07, 6.45) is 3.85. The molecule has 1 nitrogen and oxygen atoms in total. The molecule has 0 bridgehead atoms. The molecule has 1 saturated heterocycles. The van der Waals surface area contributed by atoms with Crippen molar-refractivity contribution in [3.8, 4) is 0 Å². The number of hydrogen-bond acceptors (Lipinski definition) is 1. The zero-order valence-electron chi connectivity index (χ0n) is 8.11. The fraction of sp³-hybridized carbons (Fsp3) is 1.00. The Labute approximate surface area is 84.0 Å². The first kappa shape index (κ1) is 10.5. The zero-order valence-corrected chi connectivity index (χ0v) is 9.69. The summed E-state index contributed by atoms with van der Waals surface area (Å²) in [5, 5.41) is 1.10. The molecule has 0 spiro atoms. The summed E-state index contributed by atoms with van der Waals surface area (Å²) in [4.78, 5) is 0. The largest absolute Gasteiger partial charge is 0.381 e. The summed E-state index contributed by atoms with van der Waals surface area (Å²) in [6.45, 7) is 6.53. The van der Waals surface area contributed by atoms with Crippen molar-refractivity contribution in [3.63, 3.8) is 0 Å². The van der Waals surface area contributed by atoms with Crippen LogP contribution in [0, 0.1) is 11.3 Å². The van der Waals surface area contributed by atoms with Crippen molar-refractivity contribution < 1.29 is 4.74 Å². The molecule has 0 amide bonds. The van der Waals surface area contributed by atoms with E-state index in [9.17, 15) is 0 Å². The molecule has 0 N–H and O–H groups in total. The smallest absolute Gasteiger partial charge is 0.0533 e. The van der Waals surface area contributed by atoms with E-state index in [0.29, 0.717) is 5.41 Å². The maximum Gasteiger partial charge on any atom is 0.0533 e. The van der Waals surface area contributed by atoms with Crippen molar-refractivity contribution >= 4 is 15.9 Å². The Balaban J connectivity index is 2.52. The molecule has 1 fully saturated rings. The van der Waals surface area contributed by atoms with Gasteiger partial charge in [-0.1, -0.05) is 42.6 Å². The predicted octanol–water partition coefficient (Wildman–Crippen LogP) is 3.22. The molecule has 2 unspecified atom stereocenters. The average Bonchev–Trinajstić information content (AvgIpc) is 2.54. The van der Waals surface area contributed by atoms with Crippen molar-refractivity contribution in [2.24, 2.45) is 11.3 Å². The Hall–Kier alpha value is 0.440. The lowest BCUT2D eigenvalue weighted by Gasteiger charge is -2.31. The summed E-state index contributed by atoms with van der Waals surface area (Å²) in [7, 11) is 0. The number of alkyl halides is 1. The van der Waals surface area contributed by atoms with Crippen LogP contribution in [0.5, 0.6) is 0 Å². The molecule has 1 aliphatic heterocycles. The first-order valence-corrected chi connectivity index (χ1v) is 6.01. The quantitative estimate of drug-likeness (QED) is 0.680. The van der Waals surface area contributed by atoms with Crippen molar-refractivity contribution in [3.05, 3.63) is 0 Å². The van der Waals surface area contributed by atoms with E-state index in [2.05, 4.69) is 29.8 Å². The second-order valence-corrected chi connectivity index (χ2v) is 4.55. The third-order valence-corrected chi connectivity index (χ3v) is 4.28. The standard InChI is InChI=1S/C10H19BrO/c1-3-4-9(2)10(7-11)5-6-12-8-10/h9H,3-8H2,1-2H3. The topological polar surface area (TPSA) is 9.23 Å². The van der Waals surface area contributed by atoms with Gasteiger partial charge < -0.3 is 4.74 Å². The molecule has 0 radical (unpaired) electrons. The fourth-order valence-electron chi connectivity index (χ4n) is 1.99. The second-order valence-electron chi connectivity index (χ2n) is 3.99. The first-order valence-electron chi connectivity index (χ1n) is 4.89. The van der Waals surface area contributed by atoms with Crippen molar-refractivity contribution in [2.45, 2.75) is 33.1 Å². The van der Waals surface area contributed by atoms with E-state index in [4.69, 9.17) is 4.74 Å². The zero-order chi connectivity index (χ0) is 9.03. The highest BCUT2D eigenvalue weighted by molar-refractivity contribution is 9.09. The molecular formula is C10H19BrO. The van der Waals surface area contributed by atoms with Crippen LogP contribution in [-0.4, -0.2) is 18.5 Å². The molecule has 0 aromatic heterocycles. The van der Waals surface area contributed by atoms with E-state index in [0.717, 1.165) is 24.5 Å². The van der Waals surface area contributed by atoms with E-state index in [-0.39, 0.29) is 0 Å². The normalized spacial score (nSPS) is 32.2. The summed E-state index contributed by atoms with van der Waals surface area (Å²) < 4.78 is 5.49. The maximum absolute atomic E-state index is 5.49. The molecule has 2 heteroatoms. The van der Waals surface area contributed by atoms with Crippen LogP contribution in [0.1, 0.15) is 33.1 Å². The van der Waals surface area contributed by atoms with E-state index in [1.165, 1.54) is 19.3 Å². The summed E-state index contributed by atoms with van der Waals surface area (Å²) in [5.41, 5.74) is 0.440. The number of ether oxygens (including phenoxy) is 1. The van der Waals surface area contributed by atoms with Gasteiger partial charge in [0.15, 0.2) is 0 Å². The summed E-state index contributed by atoms with van der Waals surface area (Å²) in [5.74, 6) is 0.796. The van der Waals surface area contributed by atoms with Gasteiger partial charge in [-0.15, -0.1) is 0 Å². The molecule has 0 aromatic carbocycles. The lowest BCUT2D eigenvalue weighted by Crippen LogP contribution is -2.31. The minimum atomic E-state index is 0.440. The Morgan fingerprint density at radius 2 is 2.33 bits per heavy atom. The van der Waals surface area contributed by atoms with Crippen molar-refractivity contribution in [2.75, 3.05) is 18.5 Å². The second kappa shape index (κ2) is 4.61. The van der Waals surface area contributed by atoms with Crippen LogP contribution >= 0.6 is 15.9 Å². The third kappa shape index (κ3) is 2.02. The highest BCUT2D eigenvalue weighted by Crippen LogP contribution is 2.40.